The number of likely N-dealkylation sites (tertiary alicyclic amines) is 1. The van der Waals surface area contributed by atoms with E-state index < -0.39 is 6.10 Å². The van der Waals surface area contributed by atoms with Crippen molar-refractivity contribution in [3.8, 4) is 5.69 Å². The molecule has 1 saturated heterocycles. The highest BCUT2D eigenvalue weighted by Crippen LogP contribution is 2.25. The summed E-state index contributed by atoms with van der Waals surface area (Å²) in [6.07, 6.45) is 1.83. The first-order chi connectivity index (χ1) is 9.66. The predicted octanol–water partition coefficient (Wildman–Crippen LogP) is 0.567. The Balaban J connectivity index is 1.83. The summed E-state index contributed by atoms with van der Waals surface area (Å²) in [5, 5.41) is 22.7. The van der Waals surface area contributed by atoms with E-state index in [4.69, 9.17) is 0 Å². The van der Waals surface area contributed by atoms with Gasteiger partial charge in [-0.05, 0) is 34.2 Å². The Labute approximate surface area is 119 Å². The van der Waals surface area contributed by atoms with Crippen molar-refractivity contribution in [2.24, 2.45) is 5.92 Å². The summed E-state index contributed by atoms with van der Waals surface area (Å²) in [5.74, 6) is 0.165. The first-order valence-electron chi connectivity index (χ1n) is 6.45. The molecule has 106 valence electrons. The van der Waals surface area contributed by atoms with Crippen molar-refractivity contribution >= 4 is 17.2 Å². The number of rotatable bonds is 2. The third-order valence-electron chi connectivity index (χ3n) is 3.64. The molecule has 2 aromatic heterocycles. The lowest BCUT2D eigenvalue weighted by molar-refractivity contribution is 0.0251. The highest BCUT2D eigenvalue weighted by molar-refractivity contribution is 7.12. The Morgan fingerprint density at radius 3 is 3.10 bits per heavy atom. The smallest absolute Gasteiger partial charge is 0.266 e. The van der Waals surface area contributed by atoms with Crippen molar-refractivity contribution < 1.29 is 9.90 Å². The van der Waals surface area contributed by atoms with Gasteiger partial charge in [-0.3, -0.25) is 4.79 Å². The summed E-state index contributed by atoms with van der Waals surface area (Å²) in [5.41, 5.74) is 0.679. The van der Waals surface area contributed by atoms with Gasteiger partial charge in [-0.15, -0.1) is 16.4 Å². The second-order valence-corrected chi connectivity index (χ2v) is 5.89. The molecule has 0 spiro atoms. The first kappa shape index (κ1) is 13.2. The number of amides is 1. The number of hydrogen-bond donors (Lipinski definition) is 1. The van der Waals surface area contributed by atoms with Gasteiger partial charge in [-0.1, -0.05) is 6.92 Å². The lowest BCUT2D eigenvalue weighted by atomic mass is 9.96. The van der Waals surface area contributed by atoms with Gasteiger partial charge >= 0.3 is 0 Å². The van der Waals surface area contributed by atoms with E-state index in [1.54, 1.807) is 4.90 Å². The molecule has 1 fully saturated rings. The van der Waals surface area contributed by atoms with Crippen LogP contribution in [0.5, 0.6) is 0 Å². The Hall–Kier alpha value is -1.80. The van der Waals surface area contributed by atoms with Crippen molar-refractivity contribution in [1.82, 2.24) is 25.1 Å². The Kier molecular flexibility index (Phi) is 3.49. The molecule has 0 radical (unpaired) electrons. The van der Waals surface area contributed by atoms with Crippen LogP contribution in [0, 0.1) is 5.92 Å². The number of aliphatic hydroxyl groups excluding tert-OH is 1. The van der Waals surface area contributed by atoms with Crippen molar-refractivity contribution in [2.45, 2.75) is 19.4 Å². The standard InChI is InChI=1S/C12H15N5O2S/c1-8-2-4-16(6-10(8)18)12(19)11-9(3-5-20-11)17-7-13-14-15-17/h3,5,7-8,10,18H,2,4,6H2,1H3. The van der Waals surface area contributed by atoms with Gasteiger partial charge in [0.05, 0.1) is 11.8 Å². The molecule has 0 bridgehead atoms. The molecule has 7 nitrogen and oxygen atoms in total. The van der Waals surface area contributed by atoms with E-state index in [1.165, 1.54) is 22.3 Å². The summed E-state index contributed by atoms with van der Waals surface area (Å²) < 4.78 is 1.48. The molecule has 1 amide bonds. The SMILES string of the molecule is CC1CCN(C(=O)c2sccc2-n2cnnn2)CC1O. The average Bonchev–Trinajstić information content (AvgIpc) is 3.10. The average molecular weight is 293 g/mol. The number of nitrogens with zero attached hydrogens (tertiary/aromatic N) is 5. The Morgan fingerprint density at radius 2 is 2.40 bits per heavy atom. The fraction of sp³-hybridized carbons (Fsp3) is 0.500. The molecule has 2 unspecified atom stereocenters. The van der Waals surface area contributed by atoms with E-state index in [2.05, 4.69) is 15.5 Å². The van der Waals surface area contributed by atoms with Crippen molar-refractivity contribution in [3.05, 3.63) is 22.7 Å². The highest BCUT2D eigenvalue weighted by Gasteiger charge is 2.29. The third-order valence-corrected chi connectivity index (χ3v) is 4.53. The zero-order valence-electron chi connectivity index (χ0n) is 11.0. The molecule has 0 aromatic carbocycles. The maximum atomic E-state index is 12.6. The number of aromatic nitrogens is 4. The summed E-state index contributed by atoms with van der Waals surface area (Å²) >= 11 is 1.36. The predicted molar refractivity (Wildman–Crippen MR) is 72.7 cm³/mol. The van der Waals surface area contributed by atoms with E-state index >= 15 is 0 Å². The zero-order chi connectivity index (χ0) is 14.1. The molecular weight excluding hydrogens is 278 g/mol. The van der Waals surface area contributed by atoms with Crippen LogP contribution < -0.4 is 0 Å². The van der Waals surface area contributed by atoms with Crippen LogP contribution in [0.1, 0.15) is 23.0 Å². The van der Waals surface area contributed by atoms with Crippen LogP contribution in [0.3, 0.4) is 0 Å². The molecule has 1 aliphatic rings. The minimum atomic E-state index is -0.454. The number of β-amino-alcohol motifs (C(OH)–C–C–N with tert-alkyl or cyclic N) is 1. The van der Waals surface area contributed by atoms with Gasteiger partial charge < -0.3 is 10.0 Å². The fourth-order valence-electron chi connectivity index (χ4n) is 2.29. The number of tetrazole rings is 1. The maximum Gasteiger partial charge on any atom is 0.266 e. The van der Waals surface area contributed by atoms with Crippen LogP contribution in [0.15, 0.2) is 17.8 Å². The molecule has 8 heteroatoms. The van der Waals surface area contributed by atoms with Crippen LogP contribution in [-0.4, -0.2) is 55.3 Å². The van der Waals surface area contributed by atoms with Crippen molar-refractivity contribution in [3.63, 3.8) is 0 Å². The molecule has 2 atom stereocenters. The number of hydrogen-bond acceptors (Lipinski definition) is 6. The monoisotopic (exact) mass is 293 g/mol. The lowest BCUT2D eigenvalue weighted by Crippen LogP contribution is -2.45. The van der Waals surface area contributed by atoms with E-state index in [0.29, 0.717) is 23.7 Å². The maximum absolute atomic E-state index is 12.6. The van der Waals surface area contributed by atoms with Crippen LogP contribution in [0.25, 0.3) is 5.69 Å². The summed E-state index contributed by atoms with van der Waals surface area (Å²) in [6, 6.07) is 1.82. The van der Waals surface area contributed by atoms with E-state index in [-0.39, 0.29) is 11.8 Å². The normalized spacial score (nSPS) is 23.0. The first-order valence-corrected chi connectivity index (χ1v) is 7.33. The van der Waals surface area contributed by atoms with Crippen molar-refractivity contribution in [1.29, 1.82) is 0 Å². The van der Waals surface area contributed by atoms with Crippen molar-refractivity contribution in [2.75, 3.05) is 13.1 Å². The number of thiophene rings is 1. The molecular formula is C12H15N5O2S. The van der Waals surface area contributed by atoms with Gasteiger partial charge in [-0.2, -0.15) is 4.68 Å². The van der Waals surface area contributed by atoms with Crippen LogP contribution in [-0.2, 0) is 0 Å². The lowest BCUT2D eigenvalue weighted by Gasteiger charge is -2.34. The quantitative estimate of drug-likeness (QED) is 0.875. The molecule has 0 aliphatic carbocycles. The van der Waals surface area contributed by atoms with E-state index in [0.717, 1.165) is 6.42 Å². The minimum absolute atomic E-state index is 0.0727. The Morgan fingerprint density at radius 1 is 1.55 bits per heavy atom. The molecule has 3 rings (SSSR count). The van der Waals surface area contributed by atoms with Gasteiger partial charge in [0.15, 0.2) is 0 Å². The number of piperidine rings is 1. The second-order valence-electron chi connectivity index (χ2n) is 4.97. The van der Waals surface area contributed by atoms with Gasteiger partial charge in [0.2, 0.25) is 0 Å². The highest BCUT2D eigenvalue weighted by atomic mass is 32.1. The molecule has 20 heavy (non-hydrogen) atoms. The summed E-state index contributed by atoms with van der Waals surface area (Å²) in [4.78, 5) is 14.9. The molecule has 1 N–H and O–H groups in total. The summed E-state index contributed by atoms with van der Waals surface area (Å²) in [7, 11) is 0. The molecule has 1 aliphatic heterocycles. The largest absolute Gasteiger partial charge is 0.391 e. The number of aliphatic hydroxyl groups is 1. The van der Waals surface area contributed by atoms with E-state index in [9.17, 15) is 9.90 Å². The van der Waals surface area contributed by atoms with Crippen LogP contribution in [0.4, 0.5) is 0 Å². The van der Waals surface area contributed by atoms with E-state index in [1.807, 2.05) is 18.4 Å². The van der Waals surface area contributed by atoms with Gasteiger partial charge in [0, 0.05) is 13.1 Å². The minimum Gasteiger partial charge on any atom is -0.391 e. The third kappa shape index (κ3) is 2.32. The molecule has 0 saturated carbocycles. The van der Waals surface area contributed by atoms with Gasteiger partial charge in [0.25, 0.3) is 5.91 Å². The topological polar surface area (TPSA) is 84.1 Å². The Bertz CT molecular complexity index is 597. The summed E-state index contributed by atoms with van der Waals surface area (Å²) in [6.45, 7) is 3.06. The van der Waals surface area contributed by atoms with Gasteiger partial charge in [-0.25, -0.2) is 0 Å². The van der Waals surface area contributed by atoms with Gasteiger partial charge in [0.1, 0.15) is 11.2 Å². The van der Waals surface area contributed by atoms with Crippen LogP contribution in [0.2, 0.25) is 0 Å². The number of carbonyl (C=O) groups excluding carboxylic acids is 1. The fourth-order valence-corrected chi connectivity index (χ4v) is 3.14. The second kappa shape index (κ2) is 5.29. The zero-order valence-corrected chi connectivity index (χ0v) is 11.8. The van der Waals surface area contributed by atoms with Crippen LogP contribution >= 0.6 is 11.3 Å². The molecule has 2 aromatic rings. The number of carbonyl (C=O) groups is 1. The molecule has 3 heterocycles.